The Labute approximate surface area is 113 Å². The first-order valence-electron chi connectivity index (χ1n) is 7.07. The number of carbonyl (C=O) groups excluding carboxylic acids is 1. The minimum absolute atomic E-state index is 0.00218. The Balaban J connectivity index is 2.03. The molecule has 19 heavy (non-hydrogen) atoms. The average Bonchev–Trinajstić information content (AvgIpc) is 2.60. The first-order valence-corrected chi connectivity index (χ1v) is 7.07. The third-order valence-corrected chi connectivity index (χ3v) is 5.74. The van der Waals surface area contributed by atoms with Gasteiger partial charge in [-0.2, -0.15) is 0 Å². The van der Waals surface area contributed by atoms with E-state index in [0.29, 0.717) is 18.4 Å². The molecule has 0 bridgehead atoms. The van der Waals surface area contributed by atoms with Gasteiger partial charge in [0.2, 0.25) is 0 Å². The van der Waals surface area contributed by atoms with Gasteiger partial charge in [-0.25, -0.2) is 4.79 Å². The SMILES string of the molecule is C=C1C(=O)OC2C1CCC1(C)C(O)CCC(C)(O)C21. The highest BCUT2D eigenvalue weighted by molar-refractivity contribution is 5.90. The van der Waals surface area contributed by atoms with Gasteiger partial charge >= 0.3 is 5.97 Å². The summed E-state index contributed by atoms with van der Waals surface area (Å²) in [6, 6.07) is 0. The molecular weight excluding hydrogens is 244 g/mol. The van der Waals surface area contributed by atoms with Crippen molar-refractivity contribution in [1.29, 1.82) is 0 Å². The molecule has 6 atom stereocenters. The van der Waals surface area contributed by atoms with E-state index in [1.807, 2.05) is 6.92 Å². The molecule has 2 aliphatic carbocycles. The van der Waals surface area contributed by atoms with E-state index in [0.717, 1.165) is 12.8 Å². The average molecular weight is 266 g/mol. The van der Waals surface area contributed by atoms with Gasteiger partial charge in [0.05, 0.1) is 11.7 Å². The number of rotatable bonds is 0. The first kappa shape index (κ1) is 13.1. The highest BCUT2D eigenvalue weighted by Gasteiger charge is 2.62. The molecule has 106 valence electrons. The molecule has 0 aromatic rings. The normalized spacial score (nSPS) is 53.5. The maximum absolute atomic E-state index is 11.7. The fourth-order valence-electron chi connectivity index (χ4n) is 4.62. The van der Waals surface area contributed by atoms with Crippen molar-refractivity contribution in [1.82, 2.24) is 0 Å². The predicted octanol–water partition coefficient (Wildman–Crippen LogP) is 1.41. The number of aliphatic hydroxyl groups is 2. The molecule has 4 heteroatoms. The van der Waals surface area contributed by atoms with E-state index in [4.69, 9.17) is 4.74 Å². The lowest BCUT2D eigenvalue weighted by molar-refractivity contribution is -0.211. The third-order valence-electron chi connectivity index (χ3n) is 5.74. The molecule has 4 nitrogen and oxygen atoms in total. The van der Waals surface area contributed by atoms with Gasteiger partial charge in [-0.1, -0.05) is 13.5 Å². The fourth-order valence-corrected chi connectivity index (χ4v) is 4.62. The van der Waals surface area contributed by atoms with Crippen molar-refractivity contribution in [3.05, 3.63) is 12.2 Å². The van der Waals surface area contributed by atoms with Crippen molar-refractivity contribution < 1.29 is 19.7 Å². The molecule has 2 saturated carbocycles. The molecule has 3 fully saturated rings. The highest BCUT2D eigenvalue weighted by atomic mass is 16.6. The molecule has 0 aromatic heterocycles. The van der Waals surface area contributed by atoms with Gasteiger partial charge in [0, 0.05) is 22.8 Å². The molecule has 1 aliphatic heterocycles. The van der Waals surface area contributed by atoms with Crippen molar-refractivity contribution in [3.63, 3.8) is 0 Å². The lowest BCUT2D eigenvalue weighted by atomic mass is 9.51. The van der Waals surface area contributed by atoms with Crippen molar-refractivity contribution in [3.8, 4) is 0 Å². The molecular formula is C15H22O4. The van der Waals surface area contributed by atoms with E-state index in [9.17, 15) is 15.0 Å². The van der Waals surface area contributed by atoms with E-state index in [2.05, 4.69) is 6.58 Å². The number of hydrogen-bond donors (Lipinski definition) is 2. The Kier molecular flexibility index (Phi) is 2.64. The smallest absolute Gasteiger partial charge is 0.334 e. The van der Waals surface area contributed by atoms with E-state index < -0.39 is 11.7 Å². The van der Waals surface area contributed by atoms with Gasteiger partial charge in [0.1, 0.15) is 6.10 Å². The standard InChI is InChI=1S/C15H22O4/c1-8-9-4-6-14(2)10(16)5-7-15(3,18)12(14)11(9)19-13(8)17/h9-12,16,18H,1,4-7H2,2-3H3. The van der Waals surface area contributed by atoms with Crippen molar-refractivity contribution in [2.45, 2.75) is 57.3 Å². The number of esters is 1. The maximum Gasteiger partial charge on any atom is 0.334 e. The van der Waals surface area contributed by atoms with Crippen LogP contribution in [0.25, 0.3) is 0 Å². The predicted molar refractivity (Wildman–Crippen MR) is 69.2 cm³/mol. The Hall–Kier alpha value is -0.870. The summed E-state index contributed by atoms with van der Waals surface area (Å²) in [5.41, 5.74) is -0.751. The van der Waals surface area contributed by atoms with Gasteiger partial charge in [0.25, 0.3) is 0 Å². The molecule has 1 saturated heterocycles. The van der Waals surface area contributed by atoms with E-state index in [-0.39, 0.29) is 29.3 Å². The second kappa shape index (κ2) is 3.83. The molecule has 0 radical (unpaired) electrons. The zero-order valence-electron chi connectivity index (χ0n) is 11.6. The van der Waals surface area contributed by atoms with Crippen LogP contribution < -0.4 is 0 Å². The topological polar surface area (TPSA) is 66.8 Å². The van der Waals surface area contributed by atoms with Crippen molar-refractivity contribution in [2.75, 3.05) is 0 Å². The van der Waals surface area contributed by atoms with Crippen LogP contribution in [0.3, 0.4) is 0 Å². The minimum Gasteiger partial charge on any atom is -0.458 e. The summed E-state index contributed by atoms with van der Waals surface area (Å²) in [6.45, 7) is 7.65. The molecule has 1 heterocycles. The summed E-state index contributed by atoms with van der Waals surface area (Å²) >= 11 is 0. The van der Waals surface area contributed by atoms with Gasteiger partial charge in [-0.15, -0.1) is 0 Å². The van der Waals surface area contributed by atoms with Gasteiger partial charge in [-0.05, 0) is 32.6 Å². The summed E-state index contributed by atoms with van der Waals surface area (Å²) in [7, 11) is 0. The van der Waals surface area contributed by atoms with E-state index in [1.54, 1.807) is 6.92 Å². The second-order valence-electron chi connectivity index (χ2n) is 6.94. The van der Waals surface area contributed by atoms with Gasteiger partial charge in [0.15, 0.2) is 0 Å². The van der Waals surface area contributed by atoms with Crippen LogP contribution in [0.15, 0.2) is 12.2 Å². The number of aliphatic hydroxyl groups excluding tert-OH is 1. The summed E-state index contributed by atoms with van der Waals surface area (Å²) < 4.78 is 5.49. The highest BCUT2D eigenvalue weighted by Crippen LogP contribution is 2.58. The van der Waals surface area contributed by atoms with Crippen LogP contribution >= 0.6 is 0 Å². The van der Waals surface area contributed by atoms with Crippen LogP contribution in [0.4, 0.5) is 0 Å². The minimum atomic E-state index is -0.901. The molecule has 0 amide bonds. The number of carbonyl (C=O) groups is 1. The summed E-state index contributed by atoms with van der Waals surface area (Å²) in [5.74, 6) is -0.553. The number of fused-ring (bicyclic) bond motifs is 3. The van der Waals surface area contributed by atoms with Crippen LogP contribution in [0.1, 0.15) is 39.5 Å². The third kappa shape index (κ3) is 1.62. The Morgan fingerprint density at radius 1 is 1.32 bits per heavy atom. The molecule has 2 N–H and O–H groups in total. The van der Waals surface area contributed by atoms with Crippen molar-refractivity contribution in [2.24, 2.45) is 17.3 Å². The second-order valence-corrected chi connectivity index (χ2v) is 6.94. The number of ether oxygens (including phenoxy) is 1. The fraction of sp³-hybridized carbons (Fsp3) is 0.800. The number of hydrogen-bond acceptors (Lipinski definition) is 4. The van der Waals surface area contributed by atoms with Crippen LogP contribution in [0.5, 0.6) is 0 Å². The Morgan fingerprint density at radius 2 is 2.00 bits per heavy atom. The largest absolute Gasteiger partial charge is 0.458 e. The molecule has 3 aliphatic rings. The Morgan fingerprint density at radius 3 is 2.68 bits per heavy atom. The zero-order valence-corrected chi connectivity index (χ0v) is 11.6. The first-order chi connectivity index (χ1) is 8.77. The quantitative estimate of drug-likeness (QED) is 0.514. The van der Waals surface area contributed by atoms with Crippen LogP contribution in [0.2, 0.25) is 0 Å². The maximum atomic E-state index is 11.7. The van der Waals surface area contributed by atoms with Crippen LogP contribution in [-0.2, 0) is 9.53 Å². The van der Waals surface area contributed by atoms with Gasteiger partial charge in [-0.3, -0.25) is 0 Å². The monoisotopic (exact) mass is 266 g/mol. The molecule has 3 rings (SSSR count). The summed E-state index contributed by atoms with van der Waals surface area (Å²) in [6.07, 6.45) is 1.98. The van der Waals surface area contributed by atoms with Crippen molar-refractivity contribution >= 4 is 5.97 Å². The molecule has 0 aromatic carbocycles. The summed E-state index contributed by atoms with van der Waals surface area (Å²) in [5, 5.41) is 21.1. The van der Waals surface area contributed by atoms with Crippen LogP contribution in [-0.4, -0.2) is 34.0 Å². The molecule has 6 unspecified atom stereocenters. The van der Waals surface area contributed by atoms with Crippen LogP contribution in [0, 0.1) is 17.3 Å². The lowest BCUT2D eigenvalue weighted by Gasteiger charge is -2.57. The zero-order chi connectivity index (χ0) is 14.0. The molecule has 0 spiro atoms. The Bertz CT molecular complexity index is 441. The van der Waals surface area contributed by atoms with Gasteiger partial charge < -0.3 is 14.9 Å². The summed E-state index contributed by atoms with van der Waals surface area (Å²) in [4.78, 5) is 11.7. The van der Waals surface area contributed by atoms with E-state index >= 15 is 0 Å². The lowest BCUT2D eigenvalue weighted by Crippen LogP contribution is -2.62. The van der Waals surface area contributed by atoms with E-state index in [1.165, 1.54) is 0 Å².